The molecule has 26 heavy (non-hydrogen) atoms. The lowest BCUT2D eigenvalue weighted by molar-refractivity contribution is 0.0995. The minimum Gasteiger partial charge on any atom is -0.365 e. The monoisotopic (exact) mass is 376 g/mol. The SMILES string of the molecule is CCS(=O)(=O)c1ccc(Nc2nnc(C(N)=O)c(NC3CCC3)n2)cc1. The minimum absolute atomic E-state index is 0.00756. The third-order valence-corrected chi connectivity index (χ3v) is 5.97. The lowest BCUT2D eigenvalue weighted by atomic mass is 9.93. The number of carbonyl (C=O) groups excluding carboxylic acids is 1. The van der Waals surface area contributed by atoms with Gasteiger partial charge in [0, 0.05) is 11.7 Å². The van der Waals surface area contributed by atoms with Gasteiger partial charge in [0.05, 0.1) is 10.6 Å². The maximum Gasteiger partial charge on any atom is 0.273 e. The van der Waals surface area contributed by atoms with Crippen LogP contribution in [0.15, 0.2) is 29.2 Å². The van der Waals surface area contributed by atoms with E-state index < -0.39 is 15.7 Å². The van der Waals surface area contributed by atoms with Crippen LogP contribution >= 0.6 is 0 Å². The Bertz CT molecular complexity index is 910. The molecule has 1 fully saturated rings. The number of nitrogens with one attached hydrogen (secondary N) is 2. The molecule has 4 N–H and O–H groups in total. The van der Waals surface area contributed by atoms with Gasteiger partial charge in [-0.2, -0.15) is 4.98 Å². The van der Waals surface area contributed by atoms with Crippen LogP contribution in [0.1, 0.15) is 36.7 Å². The summed E-state index contributed by atoms with van der Waals surface area (Å²) in [6.45, 7) is 1.60. The summed E-state index contributed by atoms with van der Waals surface area (Å²) in [5.41, 5.74) is 5.92. The smallest absolute Gasteiger partial charge is 0.273 e. The molecule has 9 nitrogen and oxygen atoms in total. The Balaban J connectivity index is 1.81. The second-order valence-corrected chi connectivity index (χ2v) is 8.30. The molecule has 0 spiro atoms. The number of primary amides is 1. The molecule has 0 saturated heterocycles. The average molecular weight is 376 g/mol. The summed E-state index contributed by atoms with van der Waals surface area (Å²) in [5.74, 6) is -0.183. The van der Waals surface area contributed by atoms with Gasteiger partial charge in [-0.3, -0.25) is 4.79 Å². The number of hydrogen-bond acceptors (Lipinski definition) is 8. The maximum atomic E-state index is 11.8. The highest BCUT2D eigenvalue weighted by Gasteiger charge is 2.22. The number of nitrogens with zero attached hydrogens (tertiary/aromatic N) is 3. The van der Waals surface area contributed by atoms with Crippen molar-refractivity contribution in [3.63, 3.8) is 0 Å². The Hall–Kier alpha value is -2.75. The predicted molar refractivity (Wildman–Crippen MR) is 97.1 cm³/mol. The minimum atomic E-state index is -3.25. The molecule has 138 valence electrons. The largest absolute Gasteiger partial charge is 0.365 e. The molecule has 1 aliphatic rings. The lowest BCUT2D eigenvalue weighted by Gasteiger charge is -2.27. The molecular formula is C16H20N6O3S. The molecule has 0 unspecified atom stereocenters. The van der Waals surface area contributed by atoms with Gasteiger partial charge in [-0.15, -0.1) is 10.2 Å². The highest BCUT2D eigenvalue weighted by molar-refractivity contribution is 7.91. The van der Waals surface area contributed by atoms with Crippen molar-refractivity contribution in [3.8, 4) is 0 Å². The van der Waals surface area contributed by atoms with E-state index in [-0.39, 0.29) is 28.3 Å². The second-order valence-electron chi connectivity index (χ2n) is 6.02. The zero-order chi connectivity index (χ0) is 18.7. The first-order chi connectivity index (χ1) is 12.4. The van der Waals surface area contributed by atoms with Crippen molar-refractivity contribution in [1.82, 2.24) is 15.2 Å². The molecule has 0 bridgehead atoms. The summed E-state index contributed by atoms with van der Waals surface area (Å²) in [4.78, 5) is 16.0. The molecule has 1 amide bonds. The Morgan fingerprint density at radius 3 is 2.46 bits per heavy atom. The summed E-state index contributed by atoms with van der Waals surface area (Å²) < 4.78 is 23.7. The van der Waals surface area contributed by atoms with Crippen LogP contribution in [0, 0.1) is 0 Å². The van der Waals surface area contributed by atoms with E-state index in [2.05, 4.69) is 25.8 Å². The van der Waals surface area contributed by atoms with E-state index in [0.29, 0.717) is 11.5 Å². The zero-order valence-corrected chi connectivity index (χ0v) is 15.1. The van der Waals surface area contributed by atoms with Crippen LogP contribution in [-0.2, 0) is 9.84 Å². The number of rotatable bonds is 7. The van der Waals surface area contributed by atoms with Gasteiger partial charge in [0.2, 0.25) is 5.95 Å². The van der Waals surface area contributed by atoms with Crippen molar-refractivity contribution in [3.05, 3.63) is 30.0 Å². The first-order valence-corrected chi connectivity index (χ1v) is 9.95. The normalized spacial score (nSPS) is 14.5. The van der Waals surface area contributed by atoms with Crippen molar-refractivity contribution in [2.45, 2.75) is 37.1 Å². The fourth-order valence-corrected chi connectivity index (χ4v) is 3.32. The van der Waals surface area contributed by atoms with Crippen molar-refractivity contribution in [1.29, 1.82) is 0 Å². The van der Waals surface area contributed by atoms with E-state index in [1.165, 1.54) is 12.1 Å². The zero-order valence-electron chi connectivity index (χ0n) is 14.3. The number of nitrogens with two attached hydrogens (primary N) is 1. The highest BCUT2D eigenvalue weighted by Crippen LogP contribution is 2.24. The van der Waals surface area contributed by atoms with Gasteiger partial charge in [0.25, 0.3) is 5.91 Å². The van der Waals surface area contributed by atoms with Crippen LogP contribution in [0.3, 0.4) is 0 Å². The van der Waals surface area contributed by atoms with Crippen LogP contribution < -0.4 is 16.4 Å². The number of carbonyl (C=O) groups is 1. The molecule has 1 heterocycles. The first kappa shape index (κ1) is 18.1. The summed E-state index contributed by atoms with van der Waals surface area (Å²) in [7, 11) is -3.25. The molecule has 1 saturated carbocycles. The van der Waals surface area contributed by atoms with E-state index in [1.807, 2.05) is 0 Å². The van der Waals surface area contributed by atoms with Gasteiger partial charge in [-0.1, -0.05) is 6.92 Å². The molecule has 1 aromatic heterocycles. The Morgan fingerprint density at radius 2 is 1.92 bits per heavy atom. The standard InChI is InChI=1S/C16H20N6O3S/c1-2-26(24,25)12-8-6-11(7-9-12)19-16-20-15(18-10-4-3-5-10)13(14(17)23)21-22-16/h6-10H,2-5H2,1H3,(H2,17,23)(H2,18,19,20,22). The van der Waals surface area contributed by atoms with E-state index in [0.717, 1.165) is 19.3 Å². The molecule has 0 radical (unpaired) electrons. The Morgan fingerprint density at radius 1 is 1.23 bits per heavy atom. The fraction of sp³-hybridized carbons (Fsp3) is 0.375. The first-order valence-electron chi connectivity index (χ1n) is 8.30. The molecule has 0 aliphatic heterocycles. The number of sulfone groups is 1. The van der Waals surface area contributed by atoms with E-state index >= 15 is 0 Å². The van der Waals surface area contributed by atoms with Crippen molar-refractivity contribution >= 4 is 33.2 Å². The Kier molecular flexibility index (Phi) is 5.03. The number of anilines is 3. The lowest BCUT2D eigenvalue weighted by Crippen LogP contribution is -2.30. The van der Waals surface area contributed by atoms with Crippen LogP contribution in [0.25, 0.3) is 0 Å². The predicted octanol–water partition coefficient (Wildman–Crippen LogP) is 1.47. The van der Waals surface area contributed by atoms with Crippen LogP contribution in [0.4, 0.5) is 17.5 Å². The molecule has 1 aromatic carbocycles. The molecule has 2 aromatic rings. The average Bonchev–Trinajstić information content (AvgIpc) is 2.58. The van der Waals surface area contributed by atoms with E-state index in [4.69, 9.17) is 5.73 Å². The van der Waals surface area contributed by atoms with Gasteiger partial charge < -0.3 is 16.4 Å². The summed E-state index contributed by atoms with van der Waals surface area (Å²) in [6.07, 6.45) is 3.12. The number of benzene rings is 1. The van der Waals surface area contributed by atoms with Crippen LogP contribution in [-0.4, -0.2) is 41.3 Å². The van der Waals surface area contributed by atoms with Crippen molar-refractivity contribution in [2.24, 2.45) is 5.73 Å². The third kappa shape index (κ3) is 3.90. The molecule has 10 heteroatoms. The fourth-order valence-electron chi connectivity index (χ4n) is 2.43. The van der Waals surface area contributed by atoms with Gasteiger partial charge in [0.15, 0.2) is 21.3 Å². The van der Waals surface area contributed by atoms with Crippen molar-refractivity contribution < 1.29 is 13.2 Å². The van der Waals surface area contributed by atoms with E-state index in [1.54, 1.807) is 19.1 Å². The van der Waals surface area contributed by atoms with Gasteiger partial charge in [0.1, 0.15) is 0 Å². The molecule has 1 aliphatic carbocycles. The van der Waals surface area contributed by atoms with Gasteiger partial charge in [-0.25, -0.2) is 8.42 Å². The van der Waals surface area contributed by atoms with Crippen LogP contribution in [0.2, 0.25) is 0 Å². The van der Waals surface area contributed by atoms with Crippen molar-refractivity contribution in [2.75, 3.05) is 16.4 Å². The van der Waals surface area contributed by atoms with Crippen LogP contribution in [0.5, 0.6) is 0 Å². The molecular weight excluding hydrogens is 356 g/mol. The van der Waals surface area contributed by atoms with Gasteiger partial charge in [-0.05, 0) is 43.5 Å². The highest BCUT2D eigenvalue weighted by atomic mass is 32.2. The quantitative estimate of drug-likeness (QED) is 0.660. The summed E-state index contributed by atoms with van der Waals surface area (Å²) in [6, 6.07) is 6.51. The third-order valence-electron chi connectivity index (χ3n) is 4.22. The number of hydrogen-bond donors (Lipinski definition) is 3. The second kappa shape index (κ2) is 7.24. The molecule has 3 rings (SSSR count). The van der Waals surface area contributed by atoms with Gasteiger partial charge >= 0.3 is 0 Å². The number of amides is 1. The maximum absolute atomic E-state index is 11.8. The summed E-state index contributed by atoms with van der Waals surface area (Å²) in [5, 5.41) is 13.8. The van der Waals surface area contributed by atoms with E-state index in [9.17, 15) is 13.2 Å². The summed E-state index contributed by atoms with van der Waals surface area (Å²) >= 11 is 0. The number of aromatic nitrogens is 3. The molecule has 0 atom stereocenters. The topological polar surface area (TPSA) is 140 Å². The Labute approximate surface area is 151 Å².